The molecular formula is C11H9BrFNO3S2. The smallest absolute Gasteiger partial charge is 0.263 e. The van der Waals surface area contributed by atoms with Gasteiger partial charge in [0.25, 0.3) is 10.0 Å². The lowest BCUT2D eigenvalue weighted by atomic mass is 10.3. The molecule has 8 heteroatoms. The van der Waals surface area contributed by atoms with Gasteiger partial charge in [-0.05, 0) is 45.6 Å². The Morgan fingerprint density at radius 3 is 2.74 bits per heavy atom. The third kappa shape index (κ3) is 3.14. The number of hydrogen-bond donors (Lipinski definition) is 2. The van der Waals surface area contributed by atoms with Crippen molar-refractivity contribution in [2.45, 2.75) is 11.5 Å². The average Bonchev–Trinajstić information content (AvgIpc) is 2.82. The quantitative estimate of drug-likeness (QED) is 0.875. The van der Waals surface area contributed by atoms with Gasteiger partial charge in [-0.25, -0.2) is 12.8 Å². The topological polar surface area (TPSA) is 66.4 Å². The van der Waals surface area contributed by atoms with Crippen molar-refractivity contribution in [2.24, 2.45) is 0 Å². The van der Waals surface area contributed by atoms with Crippen LogP contribution < -0.4 is 4.72 Å². The fraction of sp³-hybridized carbons (Fsp3) is 0.0909. The zero-order valence-electron chi connectivity index (χ0n) is 9.43. The molecule has 0 bridgehead atoms. The molecule has 2 rings (SSSR count). The zero-order chi connectivity index (χ0) is 14.0. The van der Waals surface area contributed by atoms with Gasteiger partial charge in [0.15, 0.2) is 0 Å². The predicted octanol–water partition coefficient (Wildman–Crippen LogP) is 2.94. The molecule has 0 radical (unpaired) electrons. The lowest BCUT2D eigenvalue weighted by Gasteiger charge is -2.08. The Morgan fingerprint density at radius 2 is 2.11 bits per heavy atom. The summed E-state index contributed by atoms with van der Waals surface area (Å²) in [5.41, 5.74) is 0.121. The van der Waals surface area contributed by atoms with Crippen LogP contribution >= 0.6 is 27.3 Å². The lowest BCUT2D eigenvalue weighted by Crippen LogP contribution is -2.13. The number of hydrogen-bond acceptors (Lipinski definition) is 4. The second kappa shape index (κ2) is 5.58. The van der Waals surface area contributed by atoms with Crippen molar-refractivity contribution in [1.29, 1.82) is 0 Å². The number of benzene rings is 1. The molecule has 0 atom stereocenters. The summed E-state index contributed by atoms with van der Waals surface area (Å²) >= 11 is 4.13. The maximum absolute atomic E-state index is 13.3. The molecule has 0 amide bonds. The van der Waals surface area contributed by atoms with Crippen LogP contribution in [0, 0.1) is 5.82 Å². The molecule has 0 saturated heterocycles. The molecule has 0 aliphatic carbocycles. The SMILES string of the molecule is O=S(=O)(Nc1ccc(Br)c(F)c1)c1ccsc1CO. The maximum Gasteiger partial charge on any atom is 0.263 e. The standard InChI is InChI=1S/C11H9BrFNO3S2/c12-8-2-1-7(5-9(8)13)14-19(16,17)11-3-4-18-10(11)6-15/h1-5,14-15H,6H2. The summed E-state index contributed by atoms with van der Waals surface area (Å²) < 4.78 is 40.0. The molecule has 4 nitrogen and oxygen atoms in total. The van der Waals surface area contributed by atoms with E-state index in [0.29, 0.717) is 4.88 Å². The van der Waals surface area contributed by atoms with E-state index in [1.165, 1.54) is 18.2 Å². The van der Waals surface area contributed by atoms with E-state index in [1.54, 1.807) is 5.38 Å². The Balaban J connectivity index is 2.34. The van der Waals surface area contributed by atoms with Crippen LogP contribution in [0.1, 0.15) is 4.88 Å². The first-order valence-electron chi connectivity index (χ1n) is 5.09. The molecule has 1 aromatic heterocycles. The maximum atomic E-state index is 13.3. The number of sulfonamides is 1. The Morgan fingerprint density at radius 1 is 1.37 bits per heavy atom. The molecule has 0 fully saturated rings. The van der Waals surface area contributed by atoms with E-state index >= 15 is 0 Å². The van der Waals surface area contributed by atoms with Gasteiger partial charge in [-0.3, -0.25) is 4.72 Å². The Bertz CT molecular complexity index is 700. The largest absolute Gasteiger partial charge is 0.391 e. The van der Waals surface area contributed by atoms with Crippen LogP contribution in [-0.4, -0.2) is 13.5 Å². The molecule has 2 aromatic rings. The average molecular weight is 366 g/mol. The summed E-state index contributed by atoms with van der Waals surface area (Å²) in [5.74, 6) is -0.562. The van der Waals surface area contributed by atoms with E-state index in [2.05, 4.69) is 20.7 Å². The second-order valence-corrected chi connectivity index (χ2v) is 7.11. The zero-order valence-corrected chi connectivity index (χ0v) is 12.6. The van der Waals surface area contributed by atoms with Gasteiger partial charge in [0.2, 0.25) is 0 Å². The molecule has 2 N–H and O–H groups in total. The van der Waals surface area contributed by atoms with Crippen molar-refractivity contribution >= 4 is 43.0 Å². The summed E-state index contributed by atoms with van der Waals surface area (Å²) in [6, 6.07) is 5.32. The van der Waals surface area contributed by atoms with Crippen LogP contribution in [0.5, 0.6) is 0 Å². The number of thiophene rings is 1. The minimum absolute atomic E-state index is 0.00308. The summed E-state index contributed by atoms with van der Waals surface area (Å²) in [6.07, 6.45) is 0. The molecule has 0 aliphatic rings. The Kier molecular flexibility index (Phi) is 4.24. The number of halogens is 2. The molecular weight excluding hydrogens is 357 g/mol. The van der Waals surface area contributed by atoms with Gasteiger partial charge in [-0.15, -0.1) is 11.3 Å². The van der Waals surface area contributed by atoms with Crippen molar-refractivity contribution in [1.82, 2.24) is 0 Å². The Hall–Kier alpha value is -0.960. The van der Waals surface area contributed by atoms with Gasteiger partial charge in [0, 0.05) is 0 Å². The van der Waals surface area contributed by atoms with E-state index in [0.717, 1.165) is 17.4 Å². The number of rotatable bonds is 4. The van der Waals surface area contributed by atoms with Crippen LogP contribution in [0.3, 0.4) is 0 Å². The molecule has 1 aromatic carbocycles. The van der Waals surface area contributed by atoms with E-state index < -0.39 is 15.8 Å². The highest BCUT2D eigenvalue weighted by molar-refractivity contribution is 9.10. The van der Waals surface area contributed by atoms with Crippen LogP contribution in [-0.2, 0) is 16.6 Å². The number of nitrogens with one attached hydrogen (secondary N) is 1. The third-order valence-electron chi connectivity index (χ3n) is 2.31. The Labute approximate surface area is 122 Å². The molecule has 0 saturated carbocycles. The molecule has 0 spiro atoms. The third-order valence-corrected chi connectivity index (χ3v) is 5.45. The van der Waals surface area contributed by atoms with Crippen LogP contribution in [0.15, 0.2) is 39.0 Å². The molecule has 102 valence electrons. The highest BCUT2D eigenvalue weighted by Gasteiger charge is 2.19. The monoisotopic (exact) mass is 365 g/mol. The van der Waals surface area contributed by atoms with Crippen molar-refractivity contribution in [2.75, 3.05) is 4.72 Å². The molecule has 0 aliphatic heterocycles. The first-order chi connectivity index (χ1) is 8.94. The van der Waals surface area contributed by atoms with Gasteiger partial charge >= 0.3 is 0 Å². The minimum Gasteiger partial charge on any atom is -0.391 e. The van der Waals surface area contributed by atoms with Crippen molar-refractivity contribution in [3.63, 3.8) is 0 Å². The van der Waals surface area contributed by atoms with E-state index in [9.17, 15) is 12.8 Å². The lowest BCUT2D eigenvalue weighted by molar-refractivity contribution is 0.282. The number of aliphatic hydroxyl groups excluding tert-OH is 1. The van der Waals surface area contributed by atoms with Gasteiger partial charge < -0.3 is 5.11 Å². The highest BCUT2D eigenvalue weighted by atomic mass is 79.9. The fourth-order valence-electron chi connectivity index (χ4n) is 1.45. The number of aliphatic hydroxyl groups is 1. The van der Waals surface area contributed by atoms with Crippen LogP contribution in [0.2, 0.25) is 0 Å². The van der Waals surface area contributed by atoms with Gasteiger partial charge in [-0.1, -0.05) is 0 Å². The van der Waals surface area contributed by atoms with Gasteiger partial charge in [0.1, 0.15) is 10.7 Å². The van der Waals surface area contributed by atoms with E-state index in [1.807, 2.05) is 0 Å². The first-order valence-corrected chi connectivity index (χ1v) is 8.25. The first kappa shape index (κ1) is 14.4. The highest BCUT2D eigenvalue weighted by Crippen LogP contribution is 2.26. The van der Waals surface area contributed by atoms with Crippen molar-refractivity contribution in [3.05, 3.63) is 44.8 Å². The fourth-order valence-corrected chi connectivity index (χ4v) is 4.05. The molecule has 0 unspecified atom stereocenters. The molecule has 19 heavy (non-hydrogen) atoms. The molecule has 1 heterocycles. The van der Waals surface area contributed by atoms with Crippen LogP contribution in [0.25, 0.3) is 0 Å². The van der Waals surface area contributed by atoms with Crippen molar-refractivity contribution < 1.29 is 17.9 Å². The summed E-state index contributed by atoms with van der Waals surface area (Å²) in [6.45, 7) is -0.359. The van der Waals surface area contributed by atoms with E-state index in [4.69, 9.17) is 5.11 Å². The summed E-state index contributed by atoms with van der Waals surface area (Å²) in [7, 11) is -3.82. The van der Waals surface area contributed by atoms with Crippen molar-refractivity contribution in [3.8, 4) is 0 Å². The number of anilines is 1. The minimum atomic E-state index is -3.82. The van der Waals surface area contributed by atoms with Gasteiger partial charge in [0.05, 0.1) is 21.6 Å². The van der Waals surface area contributed by atoms with E-state index in [-0.39, 0.29) is 21.7 Å². The van der Waals surface area contributed by atoms with Gasteiger partial charge in [-0.2, -0.15) is 0 Å². The summed E-state index contributed by atoms with van der Waals surface area (Å²) in [5, 5.41) is 10.6. The second-order valence-electron chi connectivity index (χ2n) is 3.60. The van der Waals surface area contributed by atoms with Crippen LogP contribution in [0.4, 0.5) is 10.1 Å². The normalized spacial score (nSPS) is 11.5. The summed E-state index contributed by atoms with van der Waals surface area (Å²) in [4.78, 5) is 0.341. The predicted molar refractivity (Wildman–Crippen MR) is 75.2 cm³/mol.